The van der Waals surface area contributed by atoms with Gasteiger partial charge in [-0.1, -0.05) is 44.2 Å². The van der Waals surface area contributed by atoms with Gasteiger partial charge in [-0.2, -0.15) is 0 Å². The van der Waals surface area contributed by atoms with Gasteiger partial charge in [-0.3, -0.25) is 9.10 Å². The van der Waals surface area contributed by atoms with E-state index in [4.69, 9.17) is 14.2 Å². The number of hydrogen-bond donors (Lipinski definition) is 1. The minimum absolute atomic E-state index is 0.100. The fourth-order valence-corrected chi connectivity index (χ4v) is 6.61. The van der Waals surface area contributed by atoms with Crippen molar-refractivity contribution in [3.63, 3.8) is 0 Å². The predicted molar refractivity (Wildman–Crippen MR) is 144 cm³/mol. The Kier molecular flexibility index (Phi) is 6.96. The highest BCUT2D eigenvalue weighted by Crippen LogP contribution is 2.43. The zero-order chi connectivity index (χ0) is 26.9. The predicted octanol–water partition coefficient (Wildman–Crippen LogP) is 4.85. The third kappa shape index (κ3) is 4.67. The van der Waals surface area contributed by atoms with E-state index in [9.17, 15) is 13.2 Å². The highest BCUT2D eigenvalue weighted by Gasteiger charge is 2.42. The molecule has 0 spiro atoms. The number of methoxy groups -OCH3 is 1. The lowest BCUT2D eigenvalue weighted by Gasteiger charge is -2.42. The molecule has 0 saturated heterocycles. The molecular weight excluding hydrogens is 504 g/mol. The van der Waals surface area contributed by atoms with Crippen LogP contribution >= 0.6 is 0 Å². The van der Waals surface area contributed by atoms with Crippen LogP contribution in [0.15, 0.2) is 77.7 Å². The number of nitrogens with zero attached hydrogens (tertiary/aromatic N) is 1. The maximum atomic E-state index is 13.7. The Bertz CT molecular complexity index is 1420. The first-order chi connectivity index (χ1) is 18.3. The van der Waals surface area contributed by atoms with Gasteiger partial charge in [-0.25, -0.2) is 8.42 Å². The molecule has 1 N–H and O–H groups in total. The first-order valence-electron chi connectivity index (χ1n) is 12.8. The number of fused-ring (bicyclic) bond motifs is 2. The average Bonchev–Trinajstić information content (AvgIpc) is 2.96. The van der Waals surface area contributed by atoms with Crippen molar-refractivity contribution in [1.29, 1.82) is 0 Å². The molecule has 2 atom stereocenters. The molecule has 2 aliphatic heterocycles. The van der Waals surface area contributed by atoms with Crippen LogP contribution in [0, 0.1) is 0 Å². The maximum absolute atomic E-state index is 13.7. The summed E-state index contributed by atoms with van der Waals surface area (Å²) in [4.78, 5) is 13.8. The number of rotatable bonds is 7. The second kappa shape index (κ2) is 10.2. The Balaban J connectivity index is 1.44. The molecule has 0 bridgehead atoms. The van der Waals surface area contributed by atoms with Gasteiger partial charge in [0.05, 0.1) is 30.3 Å². The molecule has 0 aromatic heterocycles. The number of nitrogens with one attached hydrogen (secondary N) is 1. The van der Waals surface area contributed by atoms with E-state index in [2.05, 4.69) is 19.2 Å². The average molecular weight is 537 g/mol. The van der Waals surface area contributed by atoms with E-state index in [1.807, 2.05) is 24.3 Å². The van der Waals surface area contributed by atoms with Crippen molar-refractivity contribution in [3.8, 4) is 17.2 Å². The quantitative estimate of drug-likeness (QED) is 0.464. The minimum atomic E-state index is -3.98. The summed E-state index contributed by atoms with van der Waals surface area (Å²) in [5, 5.41) is 3.14. The van der Waals surface area contributed by atoms with Gasteiger partial charge in [0.2, 0.25) is 0 Å². The largest absolute Gasteiger partial charge is 0.497 e. The summed E-state index contributed by atoms with van der Waals surface area (Å²) < 4.78 is 46.3. The zero-order valence-corrected chi connectivity index (χ0v) is 22.5. The number of para-hydroxylation sites is 3. The van der Waals surface area contributed by atoms with Crippen LogP contribution in [0.2, 0.25) is 0 Å². The molecule has 5 rings (SSSR count). The summed E-state index contributed by atoms with van der Waals surface area (Å²) >= 11 is 0. The summed E-state index contributed by atoms with van der Waals surface area (Å²) in [5.74, 6) is 1.26. The topological polar surface area (TPSA) is 94.2 Å². The van der Waals surface area contributed by atoms with E-state index in [1.54, 1.807) is 36.4 Å². The van der Waals surface area contributed by atoms with Crippen molar-refractivity contribution in [1.82, 2.24) is 5.32 Å². The molecule has 0 fully saturated rings. The lowest BCUT2D eigenvalue weighted by atomic mass is 9.83. The van der Waals surface area contributed by atoms with E-state index in [0.29, 0.717) is 23.6 Å². The van der Waals surface area contributed by atoms with Crippen LogP contribution in [-0.2, 0) is 14.8 Å². The number of benzene rings is 3. The summed E-state index contributed by atoms with van der Waals surface area (Å²) in [6.07, 6.45) is 1.17. The summed E-state index contributed by atoms with van der Waals surface area (Å²) in [6, 6.07) is 20.5. The summed E-state index contributed by atoms with van der Waals surface area (Å²) in [6.45, 7) is 4.01. The lowest BCUT2D eigenvalue weighted by molar-refractivity contribution is -0.129. The molecule has 200 valence electrons. The molecule has 0 saturated carbocycles. The van der Waals surface area contributed by atoms with Crippen LogP contribution in [0.4, 0.5) is 5.69 Å². The van der Waals surface area contributed by atoms with Crippen molar-refractivity contribution >= 4 is 21.6 Å². The molecule has 2 aliphatic rings. The first-order valence-corrected chi connectivity index (χ1v) is 14.2. The van der Waals surface area contributed by atoms with Crippen LogP contribution in [0.5, 0.6) is 17.2 Å². The SMILES string of the molecule is CCC1(CC)C[C@@H](NC(=O)[C@H]2CN(S(=O)(=O)c3ccc(OC)cc3)c3ccccc3O2)c2ccccc2O1. The minimum Gasteiger partial charge on any atom is -0.497 e. The van der Waals surface area contributed by atoms with E-state index in [-0.39, 0.29) is 23.4 Å². The molecule has 0 radical (unpaired) electrons. The third-order valence-electron chi connectivity index (χ3n) is 7.48. The highest BCUT2D eigenvalue weighted by molar-refractivity contribution is 7.92. The van der Waals surface area contributed by atoms with Gasteiger partial charge in [0, 0.05) is 12.0 Å². The number of amides is 1. The molecule has 3 aromatic carbocycles. The van der Waals surface area contributed by atoms with E-state index in [0.717, 1.165) is 24.2 Å². The Labute approximate surface area is 223 Å². The van der Waals surface area contributed by atoms with E-state index in [1.165, 1.54) is 23.5 Å². The lowest BCUT2D eigenvalue weighted by Crippen LogP contribution is -2.52. The van der Waals surface area contributed by atoms with Gasteiger partial charge in [0.25, 0.3) is 15.9 Å². The Morgan fingerprint density at radius 1 is 1.00 bits per heavy atom. The number of anilines is 1. The van der Waals surface area contributed by atoms with Gasteiger partial charge in [-0.05, 0) is 55.3 Å². The van der Waals surface area contributed by atoms with Crippen LogP contribution in [0.25, 0.3) is 0 Å². The zero-order valence-electron chi connectivity index (χ0n) is 21.7. The van der Waals surface area contributed by atoms with E-state index >= 15 is 0 Å². The van der Waals surface area contributed by atoms with Crippen molar-refractivity contribution in [2.45, 2.75) is 55.8 Å². The molecule has 9 heteroatoms. The van der Waals surface area contributed by atoms with Gasteiger partial charge in [0.15, 0.2) is 6.10 Å². The normalized spacial score (nSPS) is 19.8. The maximum Gasteiger partial charge on any atom is 0.264 e. The molecule has 3 aromatic rings. The van der Waals surface area contributed by atoms with Gasteiger partial charge >= 0.3 is 0 Å². The summed E-state index contributed by atoms with van der Waals surface area (Å²) in [7, 11) is -2.46. The van der Waals surface area contributed by atoms with Gasteiger partial charge in [0.1, 0.15) is 22.8 Å². The number of carbonyl (C=O) groups excluding carboxylic acids is 1. The molecule has 0 unspecified atom stereocenters. The number of hydrogen-bond acceptors (Lipinski definition) is 6. The van der Waals surface area contributed by atoms with Crippen molar-refractivity contribution in [3.05, 3.63) is 78.4 Å². The van der Waals surface area contributed by atoms with Crippen molar-refractivity contribution in [2.24, 2.45) is 0 Å². The Morgan fingerprint density at radius 2 is 1.66 bits per heavy atom. The first kappa shape index (κ1) is 25.9. The summed E-state index contributed by atoms with van der Waals surface area (Å²) in [5.41, 5.74) is 0.896. The molecule has 8 nitrogen and oxygen atoms in total. The highest BCUT2D eigenvalue weighted by atomic mass is 32.2. The van der Waals surface area contributed by atoms with Crippen molar-refractivity contribution in [2.75, 3.05) is 18.0 Å². The monoisotopic (exact) mass is 536 g/mol. The van der Waals surface area contributed by atoms with Crippen LogP contribution in [0.3, 0.4) is 0 Å². The van der Waals surface area contributed by atoms with Crippen LogP contribution < -0.4 is 23.8 Å². The smallest absolute Gasteiger partial charge is 0.264 e. The second-order valence-electron chi connectivity index (χ2n) is 9.58. The molecular formula is C29H32N2O6S. The fraction of sp³-hybridized carbons (Fsp3) is 0.345. The third-order valence-corrected chi connectivity index (χ3v) is 9.27. The fourth-order valence-electron chi connectivity index (χ4n) is 5.14. The van der Waals surface area contributed by atoms with E-state index < -0.39 is 21.7 Å². The molecule has 38 heavy (non-hydrogen) atoms. The standard InChI is InChI=1S/C29H32N2O6S/c1-4-29(5-2)18-23(22-10-6-8-12-25(22)37-29)30-28(32)27-19-31(24-11-7-9-13-26(24)36-27)38(33,34)21-16-14-20(35-3)15-17-21/h6-17,23,27H,4-5,18-19H2,1-3H3,(H,30,32)/t23-,27-/m1/s1. The number of ether oxygens (including phenoxy) is 3. The van der Waals surface area contributed by atoms with Gasteiger partial charge < -0.3 is 19.5 Å². The van der Waals surface area contributed by atoms with Gasteiger partial charge in [-0.15, -0.1) is 0 Å². The van der Waals surface area contributed by atoms with Crippen LogP contribution in [-0.4, -0.2) is 39.7 Å². The second-order valence-corrected chi connectivity index (χ2v) is 11.4. The molecule has 2 heterocycles. The number of carbonyl (C=O) groups is 1. The molecule has 1 amide bonds. The van der Waals surface area contributed by atoms with Crippen molar-refractivity contribution < 1.29 is 27.4 Å². The Hall–Kier alpha value is -3.72. The van der Waals surface area contributed by atoms with Crippen LogP contribution in [0.1, 0.15) is 44.7 Å². The molecule has 0 aliphatic carbocycles. The number of sulfonamides is 1. The Morgan fingerprint density at radius 3 is 2.34 bits per heavy atom.